The van der Waals surface area contributed by atoms with Crippen LogP contribution in [0.5, 0.6) is 0 Å². The molecule has 1 amide bonds. The Morgan fingerprint density at radius 3 is 1.83 bits per heavy atom. The number of thioether (sulfide) groups is 1. The van der Waals surface area contributed by atoms with E-state index in [1.807, 2.05) is 0 Å². The monoisotopic (exact) mass is 628 g/mol. The molecule has 1 aromatic heterocycles. The quantitative estimate of drug-likeness (QED) is 0.108. The first-order chi connectivity index (χ1) is 22.5. The second kappa shape index (κ2) is 15.0. The Labute approximate surface area is 278 Å². The summed E-state index contributed by atoms with van der Waals surface area (Å²) in [6.07, 6.45) is 1.40. The molecular weight excluding hydrogens is 585 g/mol. The van der Waals surface area contributed by atoms with Crippen LogP contribution in [0.15, 0.2) is 114 Å². The minimum absolute atomic E-state index is 0.202. The van der Waals surface area contributed by atoms with E-state index in [-0.39, 0.29) is 11.9 Å². The minimum atomic E-state index is 0.202. The Kier molecular flexibility index (Phi) is 10.4. The second-order valence-corrected chi connectivity index (χ2v) is 13.2. The van der Waals surface area contributed by atoms with Gasteiger partial charge in [0.15, 0.2) is 5.16 Å². The predicted molar refractivity (Wildman–Crippen MR) is 191 cm³/mol. The molecule has 4 aromatic carbocycles. The van der Waals surface area contributed by atoms with Gasteiger partial charge in [-0.15, -0.1) is 0 Å². The zero-order chi connectivity index (χ0) is 31.9. The van der Waals surface area contributed by atoms with E-state index in [0.29, 0.717) is 6.42 Å². The maximum atomic E-state index is 13.3. The van der Waals surface area contributed by atoms with Gasteiger partial charge in [-0.05, 0) is 38.3 Å². The van der Waals surface area contributed by atoms with Crippen LogP contribution < -0.4 is 0 Å². The first-order valence-corrected chi connectivity index (χ1v) is 17.5. The molecule has 0 spiro atoms. The second-order valence-electron chi connectivity index (χ2n) is 12.2. The van der Waals surface area contributed by atoms with E-state index in [9.17, 15) is 4.79 Å². The van der Waals surface area contributed by atoms with Gasteiger partial charge in [-0.3, -0.25) is 9.69 Å². The van der Waals surface area contributed by atoms with Crippen molar-refractivity contribution in [2.75, 3.05) is 31.9 Å². The molecule has 1 aliphatic heterocycles. The Bertz CT molecular complexity index is 1670. The van der Waals surface area contributed by atoms with Gasteiger partial charge in [-0.1, -0.05) is 132 Å². The lowest BCUT2D eigenvalue weighted by Gasteiger charge is -2.40. The van der Waals surface area contributed by atoms with Gasteiger partial charge in [-0.2, -0.15) is 0 Å². The summed E-state index contributed by atoms with van der Waals surface area (Å²) >= 11 is 1.76. The molecule has 0 unspecified atom stereocenters. The van der Waals surface area contributed by atoms with Crippen LogP contribution in [0, 0.1) is 13.8 Å². The van der Waals surface area contributed by atoms with E-state index in [1.165, 1.54) is 27.8 Å². The summed E-state index contributed by atoms with van der Waals surface area (Å²) in [4.78, 5) is 23.1. The number of aryl methyl sites for hydroxylation is 2. The number of amides is 1. The molecule has 0 radical (unpaired) electrons. The zero-order valence-electron chi connectivity index (χ0n) is 27.2. The fourth-order valence-corrected chi connectivity index (χ4v) is 7.42. The molecule has 0 aliphatic carbocycles. The number of rotatable bonds is 11. The van der Waals surface area contributed by atoms with Crippen molar-refractivity contribution >= 4 is 17.7 Å². The van der Waals surface area contributed by atoms with Gasteiger partial charge in [0.2, 0.25) is 5.91 Å². The first kappa shape index (κ1) is 31.8. The summed E-state index contributed by atoms with van der Waals surface area (Å²) in [5, 5.41) is 1.02. The van der Waals surface area contributed by atoms with Crippen molar-refractivity contribution in [2.45, 2.75) is 51.4 Å². The van der Waals surface area contributed by atoms with Gasteiger partial charge in [0.1, 0.15) is 0 Å². The molecule has 1 aliphatic rings. The van der Waals surface area contributed by atoms with Crippen LogP contribution in [-0.2, 0) is 11.3 Å². The molecule has 5 nitrogen and oxygen atoms in total. The number of carbonyl (C=O) groups is 1. The highest BCUT2D eigenvalue weighted by atomic mass is 32.2. The lowest BCUT2D eigenvalue weighted by Crippen LogP contribution is -2.49. The van der Waals surface area contributed by atoms with Gasteiger partial charge >= 0.3 is 0 Å². The fourth-order valence-electron chi connectivity index (χ4n) is 6.41. The van der Waals surface area contributed by atoms with Crippen LogP contribution in [-0.4, -0.2) is 57.2 Å². The Morgan fingerprint density at radius 2 is 1.28 bits per heavy atom. The van der Waals surface area contributed by atoms with Crippen LogP contribution in [0.4, 0.5) is 0 Å². The number of carbonyl (C=O) groups excluding carboxylic acids is 1. The maximum Gasteiger partial charge on any atom is 0.222 e. The van der Waals surface area contributed by atoms with Crippen molar-refractivity contribution in [3.05, 3.63) is 131 Å². The molecule has 0 saturated carbocycles. The average molecular weight is 629 g/mol. The summed E-state index contributed by atoms with van der Waals surface area (Å²) < 4.78 is 2.33. The number of imidazole rings is 1. The van der Waals surface area contributed by atoms with Gasteiger partial charge in [0, 0.05) is 56.0 Å². The largest absolute Gasteiger partial charge is 0.340 e. The van der Waals surface area contributed by atoms with Gasteiger partial charge < -0.3 is 9.47 Å². The lowest BCUT2D eigenvalue weighted by atomic mass is 9.96. The molecule has 6 rings (SSSR count). The lowest BCUT2D eigenvalue weighted by molar-refractivity contribution is -0.133. The summed E-state index contributed by atoms with van der Waals surface area (Å²) in [6.45, 7) is 10.5. The number of piperazine rings is 1. The SMILES string of the molecule is CCn1c(SCCCC(=O)N2CCN(C(c3ccccc3)c3ccccc3)CC2)nc(-c2ccc(C)cc2)c1-c1ccc(C)cc1. The Morgan fingerprint density at radius 1 is 0.739 bits per heavy atom. The average Bonchev–Trinajstić information content (AvgIpc) is 3.47. The number of nitrogens with zero attached hydrogens (tertiary/aromatic N) is 4. The predicted octanol–water partition coefficient (Wildman–Crippen LogP) is 8.66. The van der Waals surface area contributed by atoms with Crippen LogP contribution in [0.2, 0.25) is 0 Å². The normalized spacial score (nSPS) is 13.8. The maximum absolute atomic E-state index is 13.3. The van der Waals surface area contributed by atoms with Crippen LogP contribution in [0.3, 0.4) is 0 Å². The highest BCUT2D eigenvalue weighted by molar-refractivity contribution is 7.99. The van der Waals surface area contributed by atoms with Gasteiger partial charge in [0.05, 0.1) is 17.4 Å². The summed E-state index contributed by atoms with van der Waals surface area (Å²) in [6, 6.07) is 39.0. The van der Waals surface area contributed by atoms with E-state index < -0.39 is 0 Å². The van der Waals surface area contributed by atoms with Gasteiger partial charge in [0.25, 0.3) is 0 Å². The van der Waals surface area contributed by atoms with E-state index in [2.05, 4.69) is 144 Å². The summed E-state index contributed by atoms with van der Waals surface area (Å²) in [5.74, 6) is 1.11. The third-order valence-electron chi connectivity index (χ3n) is 8.93. The summed E-state index contributed by atoms with van der Waals surface area (Å²) in [5.41, 5.74) is 9.57. The molecule has 46 heavy (non-hydrogen) atoms. The van der Waals surface area contributed by atoms with Crippen LogP contribution in [0.1, 0.15) is 48.1 Å². The molecule has 0 N–H and O–H groups in total. The highest BCUT2D eigenvalue weighted by Gasteiger charge is 2.28. The number of hydrogen-bond donors (Lipinski definition) is 0. The van der Waals surface area contributed by atoms with Crippen molar-refractivity contribution in [2.24, 2.45) is 0 Å². The van der Waals surface area contributed by atoms with E-state index in [0.717, 1.165) is 67.0 Å². The van der Waals surface area contributed by atoms with Crippen LogP contribution in [0.25, 0.3) is 22.5 Å². The first-order valence-electron chi connectivity index (χ1n) is 16.5. The molecule has 0 bridgehead atoms. The molecule has 5 aromatic rings. The van der Waals surface area contributed by atoms with E-state index >= 15 is 0 Å². The standard InChI is InChI=1S/C40H44N4OS/c1-4-44-39(35-23-19-31(3)20-24-35)37(32-21-17-30(2)18-22-32)41-40(44)46-29-11-16-36(45)42-25-27-43(28-26-42)38(33-12-7-5-8-13-33)34-14-9-6-10-15-34/h5-10,12-15,17-24,38H,4,11,16,25-29H2,1-3H3. The molecule has 0 atom stereocenters. The molecule has 6 heteroatoms. The topological polar surface area (TPSA) is 41.4 Å². The van der Waals surface area contributed by atoms with E-state index in [1.54, 1.807) is 11.8 Å². The molecule has 1 fully saturated rings. The number of aromatic nitrogens is 2. The summed E-state index contributed by atoms with van der Waals surface area (Å²) in [7, 11) is 0. The van der Waals surface area contributed by atoms with Gasteiger partial charge in [-0.25, -0.2) is 4.98 Å². The van der Waals surface area contributed by atoms with Crippen molar-refractivity contribution < 1.29 is 4.79 Å². The van der Waals surface area contributed by atoms with E-state index in [4.69, 9.17) is 4.98 Å². The smallest absolute Gasteiger partial charge is 0.222 e. The third-order valence-corrected chi connectivity index (χ3v) is 9.99. The number of benzene rings is 4. The van der Waals surface area contributed by atoms with Crippen molar-refractivity contribution in [1.82, 2.24) is 19.4 Å². The molecule has 2 heterocycles. The molecule has 236 valence electrons. The van der Waals surface area contributed by atoms with Crippen molar-refractivity contribution in [1.29, 1.82) is 0 Å². The highest BCUT2D eigenvalue weighted by Crippen LogP contribution is 2.37. The Hall–Kier alpha value is -4.13. The number of hydrogen-bond acceptors (Lipinski definition) is 4. The Balaban J connectivity index is 1.08. The third kappa shape index (κ3) is 7.30. The fraction of sp³-hybridized carbons (Fsp3) is 0.300. The van der Waals surface area contributed by atoms with Crippen molar-refractivity contribution in [3.8, 4) is 22.5 Å². The molecule has 1 saturated heterocycles. The zero-order valence-corrected chi connectivity index (χ0v) is 28.0. The molecular formula is C40H44N4OS. The minimum Gasteiger partial charge on any atom is -0.340 e. The van der Waals surface area contributed by atoms with Crippen LogP contribution >= 0.6 is 11.8 Å². The van der Waals surface area contributed by atoms with Crippen molar-refractivity contribution in [3.63, 3.8) is 0 Å².